The van der Waals surface area contributed by atoms with E-state index in [2.05, 4.69) is 10.6 Å². The zero-order valence-electron chi connectivity index (χ0n) is 14.6. The van der Waals surface area contributed by atoms with E-state index in [9.17, 15) is 9.59 Å². The lowest BCUT2D eigenvalue weighted by atomic mass is 9.94. The van der Waals surface area contributed by atoms with Gasteiger partial charge in [0.25, 0.3) is 0 Å². The maximum absolute atomic E-state index is 12.9. The Bertz CT molecular complexity index is 619. The van der Waals surface area contributed by atoms with E-state index in [1.165, 1.54) is 12.8 Å². The fourth-order valence-corrected chi connectivity index (χ4v) is 3.15. The van der Waals surface area contributed by atoms with Gasteiger partial charge in [0.05, 0.1) is 0 Å². The molecule has 24 heavy (non-hydrogen) atoms. The van der Waals surface area contributed by atoms with Gasteiger partial charge >= 0.3 is 6.09 Å². The Labute approximate surface area is 143 Å². The number of alkyl carbamates (subject to hydrolysis) is 1. The average Bonchev–Trinajstić information content (AvgIpc) is 3.22. The highest BCUT2D eigenvalue weighted by Crippen LogP contribution is 2.32. The summed E-state index contributed by atoms with van der Waals surface area (Å²) in [6.07, 6.45) is 2.80. The summed E-state index contributed by atoms with van der Waals surface area (Å²) in [5.41, 5.74) is 0.660. The molecular formula is C19H26N2O3. The van der Waals surface area contributed by atoms with Gasteiger partial charge < -0.3 is 15.4 Å². The normalized spacial score (nSPS) is 18.6. The van der Waals surface area contributed by atoms with Crippen LogP contribution in [0.5, 0.6) is 0 Å². The smallest absolute Gasteiger partial charge is 0.408 e. The minimum atomic E-state index is -0.957. The van der Waals surface area contributed by atoms with E-state index in [0.717, 1.165) is 11.1 Å². The number of benzene rings is 1. The lowest BCUT2D eigenvalue weighted by molar-refractivity contribution is -0.127. The van der Waals surface area contributed by atoms with Crippen molar-refractivity contribution in [2.75, 3.05) is 6.54 Å². The third-order valence-corrected chi connectivity index (χ3v) is 4.53. The molecule has 0 atom stereocenters. The molecule has 5 heteroatoms. The van der Waals surface area contributed by atoms with Gasteiger partial charge in [0.1, 0.15) is 11.1 Å². The van der Waals surface area contributed by atoms with Crippen molar-refractivity contribution < 1.29 is 14.3 Å². The first-order valence-electron chi connectivity index (χ1n) is 8.64. The molecule has 2 aliphatic carbocycles. The standard InChI is InChI=1S/C19H26N2O3/c1-18(2,3)24-17(23)21-19(16(22)20-12-13-8-9-13)10-14-6-4-5-7-15(14)11-19/h4-7,13H,8-12H2,1-3H3,(H,20,22)(H,21,23). The monoisotopic (exact) mass is 330 g/mol. The minimum Gasteiger partial charge on any atom is -0.444 e. The number of rotatable bonds is 4. The lowest BCUT2D eigenvalue weighted by Gasteiger charge is -2.30. The van der Waals surface area contributed by atoms with Crippen LogP contribution in [0.3, 0.4) is 0 Å². The molecule has 0 heterocycles. The first kappa shape index (κ1) is 16.8. The number of ether oxygens (including phenoxy) is 1. The van der Waals surface area contributed by atoms with Gasteiger partial charge in [-0.25, -0.2) is 4.79 Å². The molecule has 2 N–H and O–H groups in total. The van der Waals surface area contributed by atoms with Crippen LogP contribution >= 0.6 is 0 Å². The number of nitrogens with one attached hydrogen (secondary N) is 2. The summed E-state index contributed by atoms with van der Waals surface area (Å²) in [5, 5.41) is 5.89. The fraction of sp³-hybridized carbons (Fsp3) is 0.579. The molecule has 0 aromatic heterocycles. The van der Waals surface area contributed by atoms with Crippen molar-refractivity contribution in [2.24, 2.45) is 5.92 Å². The number of fused-ring (bicyclic) bond motifs is 1. The lowest BCUT2D eigenvalue weighted by Crippen LogP contribution is -2.60. The summed E-state index contributed by atoms with van der Waals surface area (Å²) < 4.78 is 5.38. The Hall–Kier alpha value is -2.04. The quantitative estimate of drug-likeness (QED) is 0.891. The number of carbonyl (C=O) groups is 2. The molecule has 0 unspecified atom stereocenters. The molecular weight excluding hydrogens is 304 g/mol. The molecule has 1 aromatic carbocycles. The zero-order chi connectivity index (χ0) is 17.4. The highest BCUT2D eigenvalue weighted by Gasteiger charge is 2.46. The molecule has 1 saturated carbocycles. The van der Waals surface area contributed by atoms with Gasteiger partial charge in [0, 0.05) is 19.4 Å². The van der Waals surface area contributed by atoms with Gasteiger partial charge in [0.2, 0.25) is 5.91 Å². The van der Waals surface area contributed by atoms with Gasteiger partial charge in [-0.3, -0.25) is 4.79 Å². The third-order valence-electron chi connectivity index (χ3n) is 4.53. The van der Waals surface area contributed by atoms with Crippen LogP contribution in [0.2, 0.25) is 0 Å². The molecule has 0 spiro atoms. The minimum absolute atomic E-state index is 0.114. The van der Waals surface area contributed by atoms with Crippen LogP contribution in [-0.2, 0) is 22.4 Å². The van der Waals surface area contributed by atoms with Crippen LogP contribution in [0.4, 0.5) is 4.79 Å². The number of amides is 2. The maximum Gasteiger partial charge on any atom is 0.408 e. The topological polar surface area (TPSA) is 67.4 Å². The summed E-state index contributed by atoms with van der Waals surface area (Å²) in [6.45, 7) is 6.13. The Kier molecular flexibility index (Phi) is 4.28. The third kappa shape index (κ3) is 3.89. The van der Waals surface area contributed by atoms with Gasteiger partial charge in [-0.2, -0.15) is 0 Å². The second-order valence-corrected chi connectivity index (χ2v) is 7.98. The van der Waals surface area contributed by atoms with Crippen LogP contribution in [-0.4, -0.2) is 29.7 Å². The molecule has 0 radical (unpaired) electrons. The predicted octanol–water partition coefficient (Wildman–Crippen LogP) is 2.57. The first-order chi connectivity index (χ1) is 11.3. The predicted molar refractivity (Wildman–Crippen MR) is 91.7 cm³/mol. The van der Waals surface area contributed by atoms with E-state index in [1.807, 2.05) is 45.0 Å². The molecule has 0 aliphatic heterocycles. The first-order valence-corrected chi connectivity index (χ1v) is 8.64. The Morgan fingerprint density at radius 3 is 2.25 bits per heavy atom. The summed E-state index contributed by atoms with van der Waals surface area (Å²) in [4.78, 5) is 25.2. The van der Waals surface area contributed by atoms with Crippen molar-refractivity contribution in [3.8, 4) is 0 Å². The molecule has 0 bridgehead atoms. The molecule has 1 fully saturated rings. The van der Waals surface area contributed by atoms with E-state index in [-0.39, 0.29) is 5.91 Å². The largest absolute Gasteiger partial charge is 0.444 e. The van der Waals surface area contributed by atoms with Gasteiger partial charge in [0.15, 0.2) is 0 Å². The van der Waals surface area contributed by atoms with Crippen LogP contribution in [0.15, 0.2) is 24.3 Å². The van der Waals surface area contributed by atoms with Crippen molar-refractivity contribution >= 4 is 12.0 Å². The summed E-state index contributed by atoms with van der Waals surface area (Å²) in [7, 11) is 0. The highest BCUT2D eigenvalue weighted by atomic mass is 16.6. The fourth-order valence-electron chi connectivity index (χ4n) is 3.15. The van der Waals surface area contributed by atoms with E-state index >= 15 is 0 Å². The Morgan fingerprint density at radius 1 is 1.17 bits per heavy atom. The molecule has 3 rings (SSSR count). The van der Waals surface area contributed by atoms with Crippen molar-refractivity contribution in [1.82, 2.24) is 10.6 Å². The van der Waals surface area contributed by atoms with Crippen molar-refractivity contribution in [2.45, 2.75) is 57.6 Å². The highest BCUT2D eigenvalue weighted by molar-refractivity contribution is 5.91. The molecule has 1 aromatic rings. The molecule has 2 amide bonds. The Balaban J connectivity index is 1.76. The van der Waals surface area contributed by atoms with E-state index in [4.69, 9.17) is 4.74 Å². The van der Waals surface area contributed by atoms with Crippen molar-refractivity contribution in [3.05, 3.63) is 35.4 Å². The second-order valence-electron chi connectivity index (χ2n) is 7.98. The van der Waals surface area contributed by atoms with Crippen LogP contribution in [0.1, 0.15) is 44.7 Å². The van der Waals surface area contributed by atoms with Crippen LogP contribution < -0.4 is 10.6 Å². The van der Waals surface area contributed by atoms with Gasteiger partial charge in [-0.15, -0.1) is 0 Å². The number of hydrogen-bond donors (Lipinski definition) is 2. The Morgan fingerprint density at radius 2 is 1.75 bits per heavy atom. The van der Waals surface area contributed by atoms with Gasteiger partial charge in [-0.05, 0) is 50.7 Å². The molecule has 5 nitrogen and oxygen atoms in total. The summed E-state index contributed by atoms with van der Waals surface area (Å²) >= 11 is 0. The zero-order valence-corrected chi connectivity index (χ0v) is 14.6. The second kappa shape index (κ2) is 6.11. The SMILES string of the molecule is CC(C)(C)OC(=O)NC1(C(=O)NCC2CC2)Cc2ccccc2C1. The molecule has 2 aliphatic rings. The van der Waals surface area contributed by atoms with E-state index in [0.29, 0.717) is 25.3 Å². The van der Waals surface area contributed by atoms with E-state index < -0.39 is 17.2 Å². The summed E-state index contributed by atoms with van der Waals surface area (Å²) in [5.74, 6) is 0.479. The summed E-state index contributed by atoms with van der Waals surface area (Å²) in [6, 6.07) is 7.96. The number of carbonyl (C=O) groups excluding carboxylic acids is 2. The van der Waals surface area contributed by atoms with Crippen LogP contribution in [0.25, 0.3) is 0 Å². The van der Waals surface area contributed by atoms with Gasteiger partial charge in [-0.1, -0.05) is 24.3 Å². The van der Waals surface area contributed by atoms with Crippen LogP contribution in [0, 0.1) is 5.92 Å². The molecule has 130 valence electrons. The maximum atomic E-state index is 12.9. The van der Waals surface area contributed by atoms with E-state index in [1.54, 1.807) is 0 Å². The number of hydrogen-bond acceptors (Lipinski definition) is 3. The van der Waals surface area contributed by atoms with Crippen molar-refractivity contribution in [1.29, 1.82) is 0 Å². The average molecular weight is 330 g/mol. The molecule has 0 saturated heterocycles. The van der Waals surface area contributed by atoms with Crippen molar-refractivity contribution in [3.63, 3.8) is 0 Å².